The molecule has 0 saturated carbocycles. The van der Waals surface area contributed by atoms with Crippen molar-refractivity contribution in [2.24, 2.45) is 11.1 Å². The van der Waals surface area contributed by atoms with Crippen LogP contribution in [0.5, 0.6) is 5.88 Å². The number of ether oxygens (including phenoxy) is 1. The van der Waals surface area contributed by atoms with E-state index in [2.05, 4.69) is 21.0 Å². The maximum Gasteiger partial charge on any atom is 0.241 e. The van der Waals surface area contributed by atoms with E-state index in [9.17, 15) is 4.79 Å². The van der Waals surface area contributed by atoms with Crippen molar-refractivity contribution in [2.75, 3.05) is 6.61 Å². The third-order valence-electron chi connectivity index (χ3n) is 2.77. The van der Waals surface area contributed by atoms with Gasteiger partial charge in [-0.15, -0.1) is 0 Å². The first kappa shape index (κ1) is 14.5. The molecule has 7 nitrogen and oxygen atoms in total. The highest BCUT2D eigenvalue weighted by Crippen LogP contribution is 2.27. The second-order valence-corrected chi connectivity index (χ2v) is 5.17. The second kappa shape index (κ2) is 5.63. The van der Waals surface area contributed by atoms with Crippen molar-refractivity contribution in [1.82, 2.24) is 15.0 Å². The van der Waals surface area contributed by atoms with E-state index >= 15 is 0 Å². The Hall–Kier alpha value is -2.88. The van der Waals surface area contributed by atoms with Crippen LogP contribution in [0.2, 0.25) is 0 Å². The molecule has 7 heteroatoms. The molecule has 0 atom stereocenters. The molecule has 0 unspecified atom stereocenters. The fourth-order valence-electron chi connectivity index (χ4n) is 1.65. The Bertz CT molecular complexity index is 739. The number of rotatable bonds is 5. The van der Waals surface area contributed by atoms with Gasteiger partial charge in [-0.25, -0.2) is 9.97 Å². The van der Waals surface area contributed by atoms with E-state index in [1.807, 2.05) is 0 Å². The zero-order valence-electron chi connectivity index (χ0n) is 11.8. The highest BCUT2D eigenvalue weighted by atomic mass is 16.5. The number of fused-ring (bicyclic) bond motifs is 1. The number of carbonyl (C=O) groups is 1. The molecule has 0 spiro atoms. The molecule has 2 rings (SSSR count). The number of hydrogen-bond donors (Lipinski definition) is 2. The number of primary amides is 1. The summed E-state index contributed by atoms with van der Waals surface area (Å²) in [5, 5.41) is 9.66. The van der Waals surface area contributed by atoms with E-state index in [0.717, 1.165) is 0 Å². The Morgan fingerprint density at radius 3 is 3.00 bits per heavy atom. The molecule has 3 N–H and O–H groups in total. The van der Waals surface area contributed by atoms with E-state index in [0.29, 0.717) is 22.5 Å². The third-order valence-corrected chi connectivity index (χ3v) is 2.77. The highest BCUT2D eigenvalue weighted by Gasteiger charge is 2.19. The summed E-state index contributed by atoms with van der Waals surface area (Å²) in [6, 6.07) is 2.16. The molecule has 0 aromatic carbocycles. The van der Waals surface area contributed by atoms with E-state index < -0.39 is 11.3 Å². The molecule has 108 valence electrons. The Kier molecular flexibility index (Phi) is 3.89. The number of carbonyl (C=O) groups excluding carboxylic acids is 1. The average molecular weight is 285 g/mol. The van der Waals surface area contributed by atoms with Crippen molar-refractivity contribution in [2.45, 2.75) is 13.8 Å². The van der Waals surface area contributed by atoms with Crippen molar-refractivity contribution in [3.05, 3.63) is 24.2 Å². The fourth-order valence-corrected chi connectivity index (χ4v) is 1.65. The van der Waals surface area contributed by atoms with Gasteiger partial charge in [0.2, 0.25) is 11.8 Å². The van der Waals surface area contributed by atoms with Gasteiger partial charge in [0.05, 0.1) is 16.9 Å². The second-order valence-electron chi connectivity index (χ2n) is 5.17. The van der Waals surface area contributed by atoms with E-state index in [1.54, 1.807) is 26.1 Å². The lowest BCUT2D eigenvalue weighted by atomic mass is 9.98. The minimum atomic E-state index is -0.628. The lowest BCUT2D eigenvalue weighted by Crippen LogP contribution is -2.19. The van der Waals surface area contributed by atoms with Gasteiger partial charge in [-0.05, 0) is 19.9 Å². The number of nitriles is 1. The third kappa shape index (κ3) is 3.36. The summed E-state index contributed by atoms with van der Waals surface area (Å²) in [4.78, 5) is 22.0. The number of amides is 1. The zero-order valence-corrected chi connectivity index (χ0v) is 11.8. The molecule has 0 aliphatic rings. The van der Waals surface area contributed by atoms with Crippen LogP contribution in [-0.4, -0.2) is 27.5 Å². The molecule has 0 radical (unpaired) electrons. The van der Waals surface area contributed by atoms with Gasteiger partial charge in [0.1, 0.15) is 18.6 Å². The quantitative estimate of drug-likeness (QED) is 0.805. The monoisotopic (exact) mass is 285 g/mol. The largest absolute Gasteiger partial charge is 0.475 e. The molecule has 1 amide bonds. The maximum absolute atomic E-state index is 10.8. The van der Waals surface area contributed by atoms with E-state index in [-0.39, 0.29) is 6.61 Å². The first-order valence-corrected chi connectivity index (χ1v) is 6.26. The van der Waals surface area contributed by atoms with Crippen LogP contribution in [0, 0.1) is 16.7 Å². The predicted molar refractivity (Wildman–Crippen MR) is 77.0 cm³/mol. The number of aromatic amines is 1. The number of hydrogen-bond acceptors (Lipinski definition) is 5. The van der Waals surface area contributed by atoms with Crippen LogP contribution in [0.3, 0.4) is 0 Å². The molecule has 2 aromatic heterocycles. The van der Waals surface area contributed by atoms with Crippen LogP contribution < -0.4 is 10.5 Å². The molecular formula is C14H15N5O2. The van der Waals surface area contributed by atoms with Gasteiger partial charge in [-0.1, -0.05) is 0 Å². The SMILES string of the molecule is CC(C)(C#N)COc1ncnc2[nH]cc(C=CC(N)=O)c12. The molecule has 2 heterocycles. The summed E-state index contributed by atoms with van der Waals surface area (Å²) < 4.78 is 5.64. The minimum Gasteiger partial charge on any atom is -0.475 e. The number of nitrogens with zero attached hydrogens (tertiary/aromatic N) is 3. The standard InChI is InChI=1S/C14H15N5O2/c1-14(2,6-15)7-21-13-11-9(3-4-10(16)20)5-17-12(11)18-8-19-13/h3-5,8H,7H2,1-2H3,(H2,16,20)(H,17,18,19). The zero-order chi connectivity index (χ0) is 15.5. The van der Waals surface area contributed by atoms with Gasteiger partial charge in [0.25, 0.3) is 0 Å². The Labute approximate surface area is 121 Å². The molecule has 2 aromatic rings. The molecule has 0 bridgehead atoms. The fraction of sp³-hybridized carbons (Fsp3) is 0.286. The van der Waals surface area contributed by atoms with Crippen LogP contribution >= 0.6 is 0 Å². The molecular weight excluding hydrogens is 270 g/mol. The topological polar surface area (TPSA) is 118 Å². The first-order chi connectivity index (χ1) is 9.93. The van der Waals surface area contributed by atoms with Crippen molar-refractivity contribution in [3.63, 3.8) is 0 Å². The van der Waals surface area contributed by atoms with Crippen LogP contribution in [0.1, 0.15) is 19.4 Å². The smallest absolute Gasteiger partial charge is 0.241 e. The summed E-state index contributed by atoms with van der Waals surface area (Å²) in [5.41, 5.74) is 5.73. The van der Waals surface area contributed by atoms with Gasteiger partial charge in [0.15, 0.2) is 0 Å². The number of aromatic nitrogens is 3. The number of nitrogens with one attached hydrogen (secondary N) is 1. The minimum absolute atomic E-state index is 0.194. The van der Waals surface area contributed by atoms with Gasteiger partial charge in [-0.3, -0.25) is 4.79 Å². The lowest BCUT2D eigenvalue weighted by Gasteiger charge is -2.15. The number of H-pyrrole nitrogens is 1. The summed E-state index contributed by atoms with van der Waals surface area (Å²) in [6.07, 6.45) is 5.86. The lowest BCUT2D eigenvalue weighted by molar-refractivity contribution is -0.113. The van der Waals surface area contributed by atoms with Gasteiger partial charge in [-0.2, -0.15) is 5.26 Å². The van der Waals surface area contributed by atoms with Crippen molar-refractivity contribution >= 4 is 23.0 Å². The Morgan fingerprint density at radius 1 is 1.57 bits per heavy atom. The van der Waals surface area contributed by atoms with Crippen LogP contribution in [-0.2, 0) is 4.79 Å². The van der Waals surface area contributed by atoms with Crippen LogP contribution in [0.15, 0.2) is 18.6 Å². The van der Waals surface area contributed by atoms with Gasteiger partial charge >= 0.3 is 0 Å². The summed E-state index contributed by atoms with van der Waals surface area (Å²) in [7, 11) is 0. The summed E-state index contributed by atoms with van der Waals surface area (Å²) in [6.45, 7) is 3.74. The van der Waals surface area contributed by atoms with Crippen LogP contribution in [0.25, 0.3) is 17.1 Å². The Balaban J connectivity index is 2.38. The van der Waals surface area contributed by atoms with Crippen molar-refractivity contribution < 1.29 is 9.53 Å². The van der Waals surface area contributed by atoms with Crippen molar-refractivity contribution in [3.8, 4) is 11.9 Å². The van der Waals surface area contributed by atoms with E-state index in [1.165, 1.54) is 12.4 Å². The maximum atomic E-state index is 10.8. The molecule has 21 heavy (non-hydrogen) atoms. The highest BCUT2D eigenvalue weighted by molar-refractivity contribution is 5.96. The normalized spacial score (nSPS) is 11.7. The molecule has 0 saturated heterocycles. The summed E-state index contributed by atoms with van der Waals surface area (Å²) >= 11 is 0. The first-order valence-electron chi connectivity index (χ1n) is 6.26. The number of nitrogens with two attached hydrogens (primary N) is 1. The van der Waals surface area contributed by atoms with E-state index in [4.69, 9.17) is 15.7 Å². The Morgan fingerprint density at radius 2 is 2.33 bits per heavy atom. The van der Waals surface area contributed by atoms with Crippen molar-refractivity contribution in [1.29, 1.82) is 5.26 Å². The predicted octanol–water partition coefficient (Wildman–Crippen LogP) is 1.38. The van der Waals surface area contributed by atoms with Crippen LogP contribution in [0.4, 0.5) is 0 Å². The molecule has 0 aliphatic heterocycles. The van der Waals surface area contributed by atoms with Gasteiger partial charge in [0, 0.05) is 17.8 Å². The average Bonchev–Trinajstić information content (AvgIpc) is 2.87. The van der Waals surface area contributed by atoms with Gasteiger partial charge < -0.3 is 15.5 Å². The summed E-state index contributed by atoms with van der Waals surface area (Å²) in [5.74, 6) is -0.192. The molecule has 0 aliphatic carbocycles. The molecule has 0 fully saturated rings.